The molecule has 0 aromatic heterocycles. The van der Waals surface area contributed by atoms with Gasteiger partial charge in [-0.2, -0.15) is 11.8 Å². The topological polar surface area (TPSA) is 12.0 Å². The van der Waals surface area contributed by atoms with Gasteiger partial charge in [0.15, 0.2) is 0 Å². The molecular weight excluding hydrogens is 269 g/mol. The minimum atomic E-state index is -0.311. The van der Waals surface area contributed by atoms with Crippen LogP contribution in [0.2, 0.25) is 5.02 Å². The van der Waals surface area contributed by atoms with Crippen LogP contribution in [0.4, 0.5) is 4.39 Å². The third-order valence-corrected chi connectivity index (χ3v) is 5.46. The number of hydrogen-bond donors (Lipinski definition) is 1. The first kappa shape index (κ1) is 14.2. The zero-order chi connectivity index (χ0) is 13.3. The highest BCUT2D eigenvalue weighted by Crippen LogP contribution is 2.43. The van der Waals surface area contributed by atoms with E-state index in [1.54, 1.807) is 0 Å². The minimum Gasteiger partial charge on any atom is -0.309 e. The molecule has 100 valence electrons. The molecule has 2 unspecified atom stereocenters. The van der Waals surface area contributed by atoms with Crippen LogP contribution >= 0.6 is 23.4 Å². The lowest BCUT2D eigenvalue weighted by Crippen LogP contribution is -2.36. The van der Waals surface area contributed by atoms with Crippen LogP contribution in [-0.4, -0.2) is 11.8 Å². The fourth-order valence-corrected chi connectivity index (χ4v) is 4.33. The molecule has 18 heavy (non-hydrogen) atoms. The highest BCUT2D eigenvalue weighted by molar-refractivity contribution is 7.99. The molecule has 4 heteroatoms. The Hall–Kier alpha value is -0.250. The Kier molecular flexibility index (Phi) is 4.57. The normalized spacial score (nSPS) is 23.2. The van der Waals surface area contributed by atoms with Gasteiger partial charge in [0, 0.05) is 17.0 Å². The molecule has 1 nitrogen and oxygen atoms in total. The van der Waals surface area contributed by atoms with Crippen LogP contribution < -0.4 is 5.32 Å². The molecule has 2 atom stereocenters. The summed E-state index contributed by atoms with van der Waals surface area (Å²) in [6, 6.07) is 3.64. The second kappa shape index (κ2) is 5.81. The van der Waals surface area contributed by atoms with Gasteiger partial charge in [0.05, 0.1) is 5.02 Å². The summed E-state index contributed by atoms with van der Waals surface area (Å²) in [6.45, 7) is 7.47. The molecule has 1 aromatic rings. The molecular formula is C14H19ClFNS. The number of benzene rings is 1. The predicted octanol–water partition coefficient (Wildman–Crippen LogP) is 4.40. The van der Waals surface area contributed by atoms with Crippen molar-refractivity contribution in [1.82, 2.24) is 5.32 Å². The van der Waals surface area contributed by atoms with Crippen LogP contribution in [0.3, 0.4) is 0 Å². The molecule has 0 saturated carbocycles. The highest BCUT2D eigenvalue weighted by atomic mass is 35.5. The molecule has 0 bridgehead atoms. The maximum absolute atomic E-state index is 13.5. The molecule has 2 rings (SSSR count). The van der Waals surface area contributed by atoms with E-state index in [-0.39, 0.29) is 11.9 Å². The first-order valence-corrected chi connectivity index (χ1v) is 7.80. The molecule has 1 heterocycles. The van der Waals surface area contributed by atoms with E-state index in [0.29, 0.717) is 16.2 Å². The monoisotopic (exact) mass is 287 g/mol. The highest BCUT2D eigenvalue weighted by Gasteiger charge is 2.33. The Morgan fingerprint density at radius 3 is 2.83 bits per heavy atom. The average molecular weight is 288 g/mol. The van der Waals surface area contributed by atoms with Crippen molar-refractivity contribution in [2.45, 2.75) is 37.8 Å². The van der Waals surface area contributed by atoms with Crippen molar-refractivity contribution in [3.63, 3.8) is 0 Å². The SMILES string of the molecule is CCNC1c2ccc(F)c(Cl)c2CSC1C(C)C. The zero-order valence-corrected chi connectivity index (χ0v) is 12.5. The summed E-state index contributed by atoms with van der Waals surface area (Å²) in [5, 5.41) is 4.33. The summed E-state index contributed by atoms with van der Waals surface area (Å²) in [6.07, 6.45) is 0. The van der Waals surface area contributed by atoms with Crippen molar-refractivity contribution >= 4 is 23.4 Å². The van der Waals surface area contributed by atoms with Crippen molar-refractivity contribution in [3.05, 3.63) is 34.1 Å². The number of halogens is 2. The van der Waals surface area contributed by atoms with Crippen molar-refractivity contribution < 1.29 is 4.39 Å². The molecule has 1 aromatic carbocycles. The van der Waals surface area contributed by atoms with E-state index in [2.05, 4.69) is 26.1 Å². The molecule has 1 N–H and O–H groups in total. The summed E-state index contributed by atoms with van der Waals surface area (Å²) in [5.74, 6) is 1.07. The predicted molar refractivity (Wildman–Crippen MR) is 77.7 cm³/mol. The Morgan fingerprint density at radius 1 is 1.50 bits per heavy atom. The molecule has 1 aliphatic rings. The number of thioether (sulfide) groups is 1. The Bertz CT molecular complexity index is 436. The molecule has 0 spiro atoms. The molecule has 0 fully saturated rings. The standard InChI is InChI=1S/C14H19ClFNS/c1-4-17-13-9-5-6-11(16)12(15)10(9)7-18-14(13)8(2)3/h5-6,8,13-14,17H,4,7H2,1-3H3. The van der Waals surface area contributed by atoms with Crippen LogP contribution in [0.5, 0.6) is 0 Å². The number of nitrogens with one attached hydrogen (secondary N) is 1. The minimum absolute atomic E-state index is 0.266. The largest absolute Gasteiger partial charge is 0.309 e. The van der Waals surface area contributed by atoms with E-state index >= 15 is 0 Å². The third kappa shape index (κ3) is 2.54. The molecule has 0 amide bonds. The van der Waals surface area contributed by atoms with Gasteiger partial charge in [-0.05, 0) is 29.7 Å². The van der Waals surface area contributed by atoms with E-state index in [4.69, 9.17) is 11.6 Å². The fraction of sp³-hybridized carbons (Fsp3) is 0.571. The van der Waals surface area contributed by atoms with Gasteiger partial charge in [-0.3, -0.25) is 0 Å². The Labute approximate surface area is 117 Å². The van der Waals surface area contributed by atoms with Crippen molar-refractivity contribution in [3.8, 4) is 0 Å². The second-order valence-electron chi connectivity index (χ2n) is 4.98. The average Bonchev–Trinajstić information content (AvgIpc) is 2.34. The second-order valence-corrected chi connectivity index (χ2v) is 6.53. The molecule has 1 aliphatic heterocycles. The number of fused-ring (bicyclic) bond motifs is 1. The van der Waals surface area contributed by atoms with E-state index in [9.17, 15) is 4.39 Å². The van der Waals surface area contributed by atoms with E-state index in [0.717, 1.165) is 17.9 Å². The van der Waals surface area contributed by atoms with Gasteiger partial charge in [0.25, 0.3) is 0 Å². The maximum atomic E-state index is 13.5. The summed E-state index contributed by atoms with van der Waals surface area (Å²) in [5.41, 5.74) is 2.13. The van der Waals surface area contributed by atoms with Gasteiger partial charge in [0.1, 0.15) is 5.82 Å². The lowest BCUT2D eigenvalue weighted by atomic mass is 9.92. The van der Waals surface area contributed by atoms with Crippen molar-refractivity contribution in [1.29, 1.82) is 0 Å². The fourth-order valence-electron chi connectivity index (χ4n) is 2.52. The van der Waals surface area contributed by atoms with Crippen molar-refractivity contribution in [2.75, 3.05) is 6.54 Å². The summed E-state index contributed by atoms with van der Waals surface area (Å²) < 4.78 is 13.5. The van der Waals surface area contributed by atoms with Crippen molar-refractivity contribution in [2.24, 2.45) is 5.92 Å². The lowest BCUT2D eigenvalue weighted by molar-refractivity contribution is 0.446. The maximum Gasteiger partial charge on any atom is 0.142 e. The van der Waals surface area contributed by atoms with Gasteiger partial charge in [-0.15, -0.1) is 0 Å². The molecule has 0 aliphatic carbocycles. The van der Waals surface area contributed by atoms with Gasteiger partial charge in [0.2, 0.25) is 0 Å². The molecule has 0 radical (unpaired) electrons. The van der Waals surface area contributed by atoms with Crippen LogP contribution in [0.25, 0.3) is 0 Å². The van der Waals surface area contributed by atoms with Crippen LogP contribution in [0.1, 0.15) is 37.9 Å². The third-order valence-electron chi connectivity index (χ3n) is 3.40. The molecule has 0 saturated heterocycles. The summed E-state index contributed by atoms with van der Waals surface area (Å²) in [7, 11) is 0. The smallest absolute Gasteiger partial charge is 0.142 e. The van der Waals surface area contributed by atoms with E-state index in [1.165, 1.54) is 11.6 Å². The summed E-state index contributed by atoms with van der Waals surface area (Å²) >= 11 is 7.96. The van der Waals surface area contributed by atoms with Crippen LogP contribution in [-0.2, 0) is 5.75 Å². The van der Waals surface area contributed by atoms with Gasteiger partial charge in [-0.25, -0.2) is 4.39 Å². The van der Waals surface area contributed by atoms with E-state index < -0.39 is 0 Å². The van der Waals surface area contributed by atoms with Crippen LogP contribution in [0, 0.1) is 11.7 Å². The first-order chi connectivity index (χ1) is 8.56. The van der Waals surface area contributed by atoms with Gasteiger partial charge >= 0.3 is 0 Å². The Balaban J connectivity index is 2.43. The Morgan fingerprint density at radius 2 is 2.22 bits per heavy atom. The number of hydrogen-bond acceptors (Lipinski definition) is 2. The lowest BCUT2D eigenvalue weighted by Gasteiger charge is -2.36. The van der Waals surface area contributed by atoms with Gasteiger partial charge < -0.3 is 5.32 Å². The van der Waals surface area contributed by atoms with E-state index in [1.807, 2.05) is 17.8 Å². The quantitative estimate of drug-likeness (QED) is 0.884. The summed E-state index contributed by atoms with van der Waals surface area (Å²) in [4.78, 5) is 0. The first-order valence-electron chi connectivity index (χ1n) is 6.38. The number of rotatable bonds is 3. The van der Waals surface area contributed by atoms with Gasteiger partial charge in [-0.1, -0.05) is 38.4 Å². The zero-order valence-electron chi connectivity index (χ0n) is 11.0. The van der Waals surface area contributed by atoms with Crippen LogP contribution in [0.15, 0.2) is 12.1 Å².